The number of aromatic nitrogens is 4. The maximum Gasteiger partial charge on any atom is 0.188 e. The first-order valence-corrected chi connectivity index (χ1v) is 7.42. The Morgan fingerprint density at radius 3 is 2.81 bits per heavy atom. The topological polar surface area (TPSA) is 69.6 Å². The van der Waals surface area contributed by atoms with E-state index >= 15 is 0 Å². The smallest absolute Gasteiger partial charge is 0.188 e. The summed E-state index contributed by atoms with van der Waals surface area (Å²) < 4.78 is 2.65. The van der Waals surface area contributed by atoms with E-state index in [1.165, 1.54) is 5.56 Å². The lowest BCUT2D eigenvalue weighted by Crippen LogP contribution is -2.04. The standard InChI is InChI=1S/C15H14BrN5/c1-2-10-5-3-4-6-14(10)21-15(18-19-20-21)12-9-11(17)7-8-13(12)16/h3-9H,2,17H2,1H3. The number of halogens is 1. The van der Waals surface area contributed by atoms with Crippen molar-refractivity contribution in [3.05, 3.63) is 52.5 Å². The van der Waals surface area contributed by atoms with E-state index in [0.717, 1.165) is 22.1 Å². The summed E-state index contributed by atoms with van der Waals surface area (Å²) >= 11 is 3.53. The average Bonchev–Trinajstić information content (AvgIpc) is 2.98. The van der Waals surface area contributed by atoms with Crippen LogP contribution in [0.2, 0.25) is 0 Å². The zero-order valence-corrected chi connectivity index (χ0v) is 13.1. The first-order valence-electron chi connectivity index (χ1n) is 6.62. The van der Waals surface area contributed by atoms with Crippen LogP contribution in [-0.4, -0.2) is 20.2 Å². The number of aryl methyl sites for hydroxylation is 1. The summed E-state index contributed by atoms with van der Waals surface area (Å²) in [5.74, 6) is 0.662. The molecule has 2 N–H and O–H groups in total. The second-order valence-electron chi connectivity index (χ2n) is 4.64. The zero-order chi connectivity index (χ0) is 14.8. The van der Waals surface area contributed by atoms with Crippen molar-refractivity contribution >= 4 is 21.6 Å². The first kappa shape index (κ1) is 13.8. The van der Waals surface area contributed by atoms with Crippen LogP contribution in [0.25, 0.3) is 17.1 Å². The van der Waals surface area contributed by atoms with Gasteiger partial charge in [-0.25, -0.2) is 0 Å². The summed E-state index contributed by atoms with van der Waals surface area (Å²) in [5.41, 5.74) is 9.59. The van der Waals surface area contributed by atoms with Gasteiger partial charge in [-0.1, -0.05) is 41.1 Å². The predicted molar refractivity (Wildman–Crippen MR) is 86.1 cm³/mol. The second-order valence-corrected chi connectivity index (χ2v) is 5.49. The van der Waals surface area contributed by atoms with Crippen molar-refractivity contribution in [2.45, 2.75) is 13.3 Å². The third-order valence-electron chi connectivity index (χ3n) is 3.30. The minimum Gasteiger partial charge on any atom is -0.399 e. The summed E-state index contributed by atoms with van der Waals surface area (Å²) in [6.45, 7) is 2.11. The molecule has 0 saturated heterocycles. The molecule has 1 heterocycles. The zero-order valence-electron chi connectivity index (χ0n) is 11.5. The molecule has 3 aromatic rings. The molecule has 0 aliphatic rings. The molecule has 5 nitrogen and oxygen atoms in total. The molecule has 0 aliphatic carbocycles. The van der Waals surface area contributed by atoms with Gasteiger partial charge in [-0.15, -0.1) is 5.10 Å². The summed E-state index contributed by atoms with van der Waals surface area (Å²) in [6, 6.07) is 13.7. The number of hydrogen-bond acceptors (Lipinski definition) is 4. The maximum atomic E-state index is 5.88. The lowest BCUT2D eigenvalue weighted by atomic mass is 10.1. The Morgan fingerprint density at radius 1 is 1.19 bits per heavy atom. The van der Waals surface area contributed by atoms with Crippen LogP contribution in [0.4, 0.5) is 5.69 Å². The van der Waals surface area contributed by atoms with E-state index in [2.05, 4.69) is 44.4 Å². The Labute approximate surface area is 130 Å². The predicted octanol–water partition coefficient (Wildman–Crippen LogP) is 3.24. The van der Waals surface area contributed by atoms with E-state index in [4.69, 9.17) is 5.73 Å². The number of para-hydroxylation sites is 1. The van der Waals surface area contributed by atoms with E-state index in [1.54, 1.807) is 4.68 Å². The average molecular weight is 344 g/mol. The summed E-state index contributed by atoms with van der Waals surface area (Å²) in [4.78, 5) is 0. The molecule has 0 amide bonds. The summed E-state index contributed by atoms with van der Waals surface area (Å²) in [6.07, 6.45) is 0.910. The van der Waals surface area contributed by atoms with Crippen molar-refractivity contribution < 1.29 is 0 Å². The Morgan fingerprint density at radius 2 is 2.00 bits per heavy atom. The molecular formula is C15H14BrN5. The van der Waals surface area contributed by atoms with Crippen LogP contribution in [0.3, 0.4) is 0 Å². The largest absolute Gasteiger partial charge is 0.399 e. The molecule has 3 rings (SSSR count). The minimum atomic E-state index is 0.662. The van der Waals surface area contributed by atoms with E-state index in [0.29, 0.717) is 11.5 Å². The Kier molecular flexibility index (Phi) is 3.70. The Hall–Kier alpha value is -2.21. The van der Waals surface area contributed by atoms with Gasteiger partial charge in [0.25, 0.3) is 0 Å². The first-order chi connectivity index (χ1) is 10.2. The number of nitrogen functional groups attached to an aromatic ring is 1. The van der Waals surface area contributed by atoms with E-state index in [9.17, 15) is 0 Å². The number of anilines is 1. The van der Waals surface area contributed by atoms with Gasteiger partial charge in [-0.2, -0.15) is 4.68 Å². The second kappa shape index (κ2) is 5.65. The molecule has 21 heavy (non-hydrogen) atoms. The van der Waals surface area contributed by atoms with Crippen LogP contribution in [0.1, 0.15) is 12.5 Å². The number of nitrogens with zero attached hydrogens (tertiary/aromatic N) is 4. The van der Waals surface area contributed by atoms with Gasteiger partial charge >= 0.3 is 0 Å². The molecule has 0 bridgehead atoms. The third-order valence-corrected chi connectivity index (χ3v) is 3.99. The molecule has 0 saturated carbocycles. The fourth-order valence-corrected chi connectivity index (χ4v) is 2.67. The highest BCUT2D eigenvalue weighted by Gasteiger charge is 2.15. The maximum absolute atomic E-state index is 5.88. The molecule has 0 radical (unpaired) electrons. The highest BCUT2D eigenvalue weighted by atomic mass is 79.9. The molecule has 0 unspecified atom stereocenters. The molecule has 0 spiro atoms. The highest BCUT2D eigenvalue weighted by molar-refractivity contribution is 9.10. The summed E-state index contributed by atoms with van der Waals surface area (Å²) in [5, 5.41) is 12.1. The fraction of sp³-hybridized carbons (Fsp3) is 0.133. The molecule has 1 aromatic heterocycles. The number of tetrazole rings is 1. The van der Waals surface area contributed by atoms with Gasteiger partial charge < -0.3 is 5.73 Å². The van der Waals surface area contributed by atoms with Crippen LogP contribution in [-0.2, 0) is 6.42 Å². The van der Waals surface area contributed by atoms with Gasteiger partial charge in [0.1, 0.15) is 0 Å². The van der Waals surface area contributed by atoms with Crippen molar-refractivity contribution in [2.75, 3.05) is 5.73 Å². The van der Waals surface area contributed by atoms with Gasteiger partial charge in [0.05, 0.1) is 5.69 Å². The lowest BCUT2D eigenvalue weighted by Gasteiger charge is -2.10. The third kappa shape index (κ3) is 2.54. The van der Waals surface area contributed by atoms with Crippen LogP contribution < -0.4 is 5.73 Å². The normalized spacial score (nSPS) is 10.8. The Balaban J connectivity index is 2.20. The van der Waals surface area contributed by atoms with Crippen molar-refractivity contribution in [1.29, 1.82) is 0 Å². The molecule has 0 aliphatic heterocycles. The molecule has 106 valence electrons. The number of nitrogens with two attached hydrogens (primary N) is 1. The van der Waals surface area contributed by atoms with E-state index < -0.39 is 0 Å². The molecule has 6 heteroatoms. The van der Waals surface area contributed by atoms with Crippen molar-refractivity contribution in [3.63, 3.8) is 0 Å². The number of rotatable bonds is 3. The highest BCUT2D eigenvalue weighted by Crippen LogP contribution is 2.30. The van der Waals surface area contributed by atoms with Gasteiger partial charge in [0, 0.05) is 15.7 Å². The van der Waals surface area contributed by atoms with Gasteiger partial charge in [0.2, 0.25) is 0 Å². The van der Waals surface area contributed by atoms with E-state index in [-0.39, 0.29) is 0 Å². The molecule has 2 aromatic carbocycles. The number of hydrogen-bond donors (Lipinski definition) is 1. The quantitative estimate of drug-likeness (QED) is 0.741. The SMILES string of the molecule is CCc1ccccc1-n1nnnc1-c1cc(N)ccc1Br. The lowest BCUT2D eigenvalue weighted by molar-refractivity contribution is 0.783. The van der Waals surface area contributed by atoms with Crippen LogP contribution in [0.5, 0.6) is 0 Å². The molecule has 0 fully saturated rings. The fourth-order valence-electron chi connectivity index (χ4n) is 2.25. The molecular weight excluding hydrogens is 330 g/mol. The van der Waals surface area contributed by atoms with Gasteiger partial charge in [-0.3, -0.25) is 0 Å². The van der Waals surface area contributed by atoms with Crippen LogP contribution in [0, 0.1) is 0 Å². The summed E-state index contributed by atoms with van der Waals surface area (Å²) in [7, 11) is 0. The van der Waals surface area contributed by atoms with Crippen molar-refractivity contribution in [2.24, 2.45) is 0 Å². The van der Waals surface area contributed by atoms with Gasteiger partial charge in [-0.05, 0) is 46.7 Å². The van der Waals surface area contributed by atoms with Crippen LogP contribution >= 0.6 is 15.9 Å². The van der Waals surface area contributed by atoms with Gasteiger partial charge in [0.15, 0.2) is 5.82 Å². The van der Waals surface area contributed by atoms with Crippen molar-refractivity contribution in [3.8, 4) is 17.1 Å². The van der Waals surface area contributed by atoms with E-state index in [1.807, 2.05) is 36.4 Å². The van der Waals surface area contributed by atoms with Crippen molar-refractivity contribution in [1.82, 2.24) is 20.2 Å². The minimum absolute atomic E-state index is 0.662. The number of benzene rings is 2. The molecule has 0 atom stereocenters. The van der Waals surface area contributed by atoms with Crippen LogP contribution in [0.15, 0.2) is 46.9 Å². The Bertz CT molecular complexity index is 781. The monoisotopic (exact) mass is 343 g/mol.